The molecule has 4 aliphatic rings. The molecule has 0 radical (unpaired) electrons. The highest BCUT2D eigenvalue weighted by molar-refractivity contribution is 9.09. The van der Waals surface area contributed by atoms with Crippen LogP contribution in [0.15, 0.2) is 0 Å². The first-order valence-corrected chi connectivity index (χ1v) is 14.9. The summed E-state index contributed by atoms with van der Waals surface area (Å²) in [5, 5.41) is 16.7. The summed E-state index contributed by atoms with van der Waals surface area (Å²) in [6.45, 7) is 6.47. The molecule has 3 unspecified atom stereocenters. The Morgan fingerprint density at radius 3 is 2.56 bits per heavy atom. The van der Waals surface area contributed by atoms with Crippen molar-refractivity contribution in [3.8, 4) is 0 Å². The van der Waals surface area contributed by atoms with Gasteiger partial charge in [-0.1, -0.05) is 62.4 Å². The summed E-state index contributed by atoms with van der Waals surface area (Å²) in [7, 11) is 0. The lowest BCUT2D eigenvalue weighted by Gasteiger charge is -2.40. The summed E-state index contributed by atoms with van der Waals surface area (Å²) in [5.74, 6) is -1.27. The number of nitrogens with zero attached hydrogens (tertiary/aromatic N) is 1. The first kappa shape index (κ1) is 26.3. The van der Waals surface area contributed by atoms with Gasteiger partial charge in [0.25, 0.3) is 0 Å². The maximum atomic E-state index is 14.1. The number of hydrogen-bond acceptors (Lipinski definition) is 5. The van der Waals surface area contributed by atoms with Crippen LogP contribution in [0.25, 0.3) is 0 Å². The van der Waals surface area contributed by atoms with Crippen molar-refractivity contribution in [1.29, 1.82) is 0 Å². The summed E-state index contributed by atoms with van der Waals surface area (Å²) in [6.07, 6.45) is 7.65. The number of thioether (sulfide) groups is 1. The van der Waals surface area contributed by atoms with Crippen molar-refractivity contribution in [3.05, 3.63) is 0 Å². The third-order valence-corrected chi connectivity index (χ3v) is 11.8. The van der Waals surface area contributed by atoms with Gasteiger partial charge in [0.2, 0.25) is 17.7 Å². The Morgan fingerprint density at radius 1 is 1.24 bits per heavy atom. The van der Waals surface area contributed by atoms with E-state index in [4.69, 9.17) is 0 Å². The number of halogens is 1. The van der Waals surface area contributed by atoms with Gasteiger partial charge in [0, 0.05) is 22.7 Å². The quantitative estimate of drug-likeness (QED) is 0.378. The number of fused-ring (bicyclic) bond motifs is 1. The second kappa shape index (κ2) is 10.7. The monoisotopic (exact) mass is 557 g/mol. The zero-order valence-electron chi connectivity index (χ0n) is 20.6. The SMILES string of the molecule is CCCNC(=O)[C@H]1[C@H]2C(=O)N([C@@H](CO)[C@@H](C)CC)C(C(=O)NC3CCCCC3)C23CC(Br)[C@@H]1S3. The molecule has 3 amide bonds. The highest BCUT2D eigenvalue weighted by atomic mass is 79.9. The third kappa shape index (κ3) is 4.32. The highest BCUT2D eigenvalue weighted by Crippen LogP contribution is 2.68. The van der Waals surface area contributed by atoms with Gasteiger partial charge >= 0.3 is 0 Å². The molecule has 8 atom stereocenters. The molecule has 0 aromatic rings. The maximum Gasteiger partial charge on any atom is 0.244 e. The molecule has 2 bridgehead atoms. The number of carbonyl (C=O) groups excluding carboxylic acids is 3. The van der Waals surface area contributed by atoms with Gasteiger partial charge in [0.1, 0.15) is 6.04 Å². The number of likely N-dealkylation sites (tertiary alicyclic amines) is 1. The summed E-state index contributed by atoms with van der Waals surface area (Å²) in [6, 6.07) is -0.971. The minimum Gasteiger partial charge on any atom is -0.394 e. The molecule has 4 fully saturated rings. The molecule has 0 aromatic heterocycles. The molecule has 34 heavy (non-hydrogen) atoms. The van der Waals surface area contributed by atoms with Crippen LogP contribution >= 0.6 is 27.7 Å². The van der Waals surface area contributed by atoms with Gasteiger partial charge in [-0.05, 0) is 31.6 Å². The fourth-order valence-corrected chi connectivity index (χ4v) is 10.3. The van der Waals surface area contributed by atoms with Crippen LogP contribution in [-0.2, 0) is 14.4 Å². The number of hydrogen-bond donors (Lipinski definition) is 3. The molecule has 3 saturated heterocycles. The summed E-state index contributed by atoms with van der Waals surface area (Å²) < 4.78 is -0.649. The smallest absolute Gasteiger partial charge is 0.244 e. The van der Waals surface area contributed by atoms with Gasteiger partial charge in [-0.2, -0.15) is 0 Å². The van der Waals surface area contributed by atoms with Crippen molar-refractivity contribution < 1.29 is 19.5 Å². The Labute approximate surface area is 216 Å². The van der Waals surface area contributed by atoms with E-state index in [1.165, 1.54) is 6.42 Å². The van der Waals surface area contributed by atoms with Gasteiger partial charge in [-0.15, -0.1) is 11.8 Å². The Balaban J connectivity index is 1.72. The second-order valence-corrected chi connectivity index (χ2v) is 13.4. The predicted molar refractivity (Wildman–Crippen MR) is 138 cm³/mol. The number of rotatable bonds is 9. The number of aliphatic hydroxyl groups excluding tert-OH is 1. The van der Waals surface area contributed by atoms with E-state index in [1.54, 1.807) is 16.7 Å². The lowest BCUT2D eigenvalue weighted by molar-refractivity contribution is -0.144. The Morgan fingerprint density at radius 2 is 1.94 bits per heavy atom. The molecule has 3 heterocycles. The van der Waals surface area contributed by atoms with Gasteiger partial charge in [0.15, 0.2) is 0 Å². The van der Waals surface area contributed by atoms with Crippen molar-refractivity contribution in [2.75, 3.05) is 13.2 Å². The summed E-state index contributed by atoms with van der Waals surface area (Å²) >= 11 is 5.47. The largest absolute Gasteiger partial charge is 0.394 e. The van der Waals surface area contributed by atoms with Crippen LogP contribution in [-0.4, -0.2) is 73.8 Å². The summed E-state index contributed by atoms with van der Waals surface area (Å²) in [4.78, 5) is 43.1. The van der Waals surface area contributed by atoms with E-state index in [1.807, 2.05) is 20.8 Å². The van der Waals surface area contributed by atoms with Crippen LogP contribution in [0.4, 0.5) is 0 Å². The number of aliphatic hydroxyl groups is 1. The Kier molecular flexibility index (Phi) is 8.24. The highest BCUT2D eigenvalue weighted by Gasteiger charge is 2.76. The van der Waals surface area contributed by atoms with Gasteiger partial charge in [-0.25, -0.2) is 0 Å². The molecular formula is C25H40BrN3O4S. The van der Waals surface area contributed by atoms with Crippen molar-refractivity contribution in [1.82, 2.24) is 15.5 Å². The van der Waals surface area contributed by atoms with Crippen LogP contribution < -0.4 is 10.6 Å². The van der Waals surface area contributed by atoms with E-state index >= 15 is 0 Å². The lowest BCUT2D eigenvalue weighted by Crippen LogP contribution is -2.59. The average molecular weight is 559 g/mol. The molecule has 1 saturated carbocycles. The molecule has 0 aromatic carbocycles. The Hall–Kier alpha value is -0.800. The maximum absolute atomic E-state index is 14.1. The second-order valence-electron chi connectivity index (χ2n) is 10.7. The fraction of sp³-hybridized carbons (Fsp3) is 0.880. The van der Waals surface area contributed by atoms with Crippen molar-refractivity contribution in [2.45, 2.75) is 105 Å². The van der Waals surface area contributed by atoms with Gasteiger partial charge in [-0.3, -0.25) is 14.4 Å². The van der Waals surface area contributed by atoms with Gasteiger partial charge in [0.05, 0.1) is 29.2 Å². The minimum absolute atomic E-state index is 0.0332. The van der Waals surface area contributed by atoms with Crippen molar-refractivity contribution in [3.63, 3.8) is 0 Å². The molecule has 192 valence electrons. The standard InChI is InChI=1S/C25H40BrN3O4S/c1-4-11-27-22(31)18-19-24(33)29(17(13-30)14(3)5-2)21(25(19)12-16(26)20(18)34-25)23(32)28-15-9-7-6-8-10-15/h14-21,30H,4-13H2,1-3H3,(H,27,31)(H,28,32)/t14-,16?,17-,18-,19-,20-,21?,25?/m0/s1. The topological polar surface area (TPSA) is 98.7 Å². The van der Waals surface area contributed by atoms with E-state index in [2.05, 4.69) is 26.6 Å². The average Bonchev–Trinajstić information content (AvgIpc) is 3.42. The van der Waals surface area contributed by atoms with Crippen LogP contribution in [0, 0.1) is 17.8 Å². The van der Waals surface area contributed by atoms with Crippen molar-refractivity contribution >= 4 is 45.4 Å². The molecule has 3 N–H and O–H groups in total. The fourth-order valence-electron chi connectivity index (χ4n) is 6.73. The molecule has 7 nitrogen and oxygen atoms in total. The molecule has 1 spiro atoms. The predicted octanol–water partition coefficient (Wildman–Crippen LogP) is 2.83. The third-order valence-electron chi connectivity index (χ3n) is 8.62. The molecule has 3 aliphatic heterocycles. The first-order chi connectivity index (χ1) is 16.3. The van der Waals surface area contributed by atoms with E-state index in [-0.39, 0.29) is 46.4 Å². The number of amides is 3. The number of carbonyl (C=O) groups is 3. The Bertz CT molecular complexity index is 794. The first-order valence-electron chi connectivity index (χ1n) is 13.1. The lowest BCUT2D eigenvalue weighted by atomic mass is 9.70. The zero-order valence-corrected chi connectivity index (χ0v) is 23.0. The summed E-state index contributed by atoms with van der Waals surface area (Å²) in [5.41, 5.74) is 0. The zero-order chi connectivity index (χ0) is 24.6. The van der Waals surface area contributed by atoms with E-state index in [0.29, 0.717) is 13.0 Å². The van der Waals surface area contributed by atoms with Crippen LogP contribution in [0.1, 0.15) is 72.1 Å². The number of alkyl halides is 1. The van der Waals surface area contributed by atoms with Crippen LogP contribution in [0.3, 0.4) is 0 Å². The van der Waals surface area contributed by atoms with E-state index < -0.39 is 28.7 Å². The molecule has 9 heteroatoms. The van der Waals surface area contributed by atoms with Gasteiger partial charge < -0.3 is 20.6 Å². The molecular weight excluding hydrogens is 518 g/mol. The van der Waals surface area contributed by atoms with Crippen LogP contribution in [0.5, 0.6) is 0 Å². The molecule has 1 aliphatic carbocycles. The van der Waals surface area contributed by atoms with Crippen LogP contribution in [0.2, 0.25) is 0 Å². The minimum atomic E-state index is -0.669. The normalized spacial score (nSPS) is 36.9. The van der Waals surface area contributed by atoms with E-state index in [0.717, 1.165) is 38.5 Å². The number of nitrogens with one attached hydrogen (secondary N) is 2. The molecule has 4 rings (SSSR count). The van der Waals surface area contributed by atoms with E-state index in [9.17, 15) is 19.5 Å². The van der Waals surface area contributed by atoms with Crippen molar-refractivity contribution in [2.24, 2.45) is 17.8 Å².